The Morgan fingerprint density at radius 3 is 2.79 bits per heavy atom. The number of hydrogen-bond acceptors (Lipinski definition) is 4. The summed E-state index contributed by atoms with van der Waals surface area (Å²) in [5, 5.41) is 9.57. The van der Waals surface area contributed by atoms with Crippen molar-refractivity contribution >= 4 is 15.7 Å². The summed E-state index contributed by atoms with van der Waals surface area (Å²) in [7, 11) is -3.32. The molecule has 1 amide bonds. The van der Waals surface area contributed by atoms with Crippen LogP contribution in [0.5, 0.6) is 0 Å². The monoisotopic (exact) mass is 283 g/mol. The third-order valence-electron chi connectivity index (χ3n) is 3.19. The van der Waals surface area contributed by atoms with Crippen molar-refractivity contribution in [3.63, 3.8) is 0 Å². The van der Waals surface area contributed by atoms with Crippen molar-refractivity contribution in [2.24, 2.45) is 0 Å². The molecule has 0 radical (unpaired) electrons. The van der Waals surface area contributed by atoms with Gasteiger partial charge in [0.05, 0.1) is 11.0 Å². The number of aliphatic hydroxyl groups excluding tert-OH is 1. The maximum absolute atomic E-state index is 12.2. The lowest BCUT2D eigenvalue weighted by Crippen LogP contribution is -2.42. The average molecular weight is 283 g/mol. The van der Waals surface area contributed by atoms with E-state index >= 15 is 0 Å². The van der Waals surface area contributed by atoms with Gasteiger partial charge in [0.2, 0.25) is 0 Å². The van der Waals surface area contributed by atoms with Gasteiger partial charge in [0, 0.05) is 24.9 Å². The lowest BCUT2D eigenvalue weighted by atomic mass is 10.1. The number of β-amino-alcohol motifs (C(OH)–C–C–N with tert-alkyl or cyclic N) is 1. The van der Waals surface area contributed by atoms with Gasteiger partial charge in [-0.25, -0.2) is 8.42 Å². The Labute approximate surface area is 112 Å². The molecule has 0 saturated carbocycles. The van der Waals surface area contributed by atoms with Crippen molar-refractivity contribution < 1.29 is 18.3 Å². The number of likely N-dealkylation sites (tertiary alicyclic amines) is 1. The third-order valence-corrected chi connectivity index (χ3v) is 4.30. The largest absolute Gasteiger partial charge is 0.391 e. The summed E-state index contributed by atoms with van der Waals surface area (Å²) in [4.78, 5) is 13.9. The first-order valence-electron chi connectivity index (χ1n) is 6.15. The quantitative estimate of drug-likeness (QED) is 0.866. The van der Waals surface area contributed by atoms with Crippen LogP contribution in [0.3, 0.4) is 0 Å². The number of benzene rings is 1. The first kappa shape index (κ1) is 14.0. The summed E-state index contributed by atoms with van der Waals surface area (Å²) < 4.78 is 22.9. The molecule has 6 heteroatoms. The molecule has 1 aliphatic rings. The van der Waals surface area contributed by atoms with Gasteiger partial charge in [-0.2, -0.15) is 0 Å². The van der Waals surface area contributed by atoms with E-state index in [-0.39, 0.29) is 10.8 Å². The normalized spacial score (nSPS) is 20.3. The van der Waals surface area contributed by atoms with Crippen molar-refractivity contribution in [1.82, 2.24) is 4.90 Å². The molecule has 0 spiro atoms. The van der Waals surface area contributed by atoms with E-state index < -0.39 is 15.9 Å². The highest BCUT2D eigenvalue weighted by Gasteiger charge is 2.23. The molecule has 0 aliphatic carbocycles. The van der Waals surface area contributed by atoms with Gasteiger partial charge < -0.3 is 10.0 Å². The number of nitrogens with zero attached hydrogens (tertiary/aromatic N) is 1. The molecule has 0 unspecified atom stereocenters. The molecule has 5 nitrogen and oxygen atoms in total. The molecule has 0 aromatic heterocycles. The second-order valence-corrected chi connectivity index (χ2v) is 6.86. The fourth-order valence-corrected chi connectivity index (χ4v) is 2.85. The smallest absolute Gasteiger partial charge is 0.253 e. The number of carbonyl (C=O) groups excluding carboxylic acids is 1. The predicted molar refractivity (Wildman–Crippen MR) is 70.7 cm³/mol. The van der Waals surface area contributed by atoms with Crippen molar-refractivity contribution in [3.05, 3.63) is 29.8 Å². The highest BCUT2D eigenvalue weighted by Crippen LogP contribution is 2.16. The van der Waals surface area contributed by atoms with Gasteiger partial charge in [-0.05, 0) is 31.0 Å². The molecule has 104 valence electrons. The van der Waals surface area contributed by atoms with E-state index in [0.29, 0.717) is 25.1 Å². The van der Waals surface area contributed by atoms with Crippen LogP contribution in [-0.4, -0.2) is 49.8 Å². The summed E-state index contributed by atoms with van der Waals surface area (Å²) in [6.07, 6.45) is 2.09. The molecule has 0 bridgehead atoms. The zero-order chi connectivity index (χ0) is 14.0. The molecule has 1 aromatic carbocycles. The third kappa shape index (κ3) is 3.33. The van der Waals surface area contributed by atoms with Crippen LogP contribution in [0.4, 0.5) is 0 Å². The number of carbonyl (C=O) groups is 1. The predicted octanol–water partition coefficient (Wildman–Crippen LogP) is 0.687. The summed E-state index contributed by atoms with van der Waals surface area (Å²) in [5.74, 6) is -0.232. The summed E-state index contributed by atoms with van der Waals surface area (Å²) in [6, 6.07) is 6.01. The summed E-state index contributed by atoms with van der Waals surface area (Å²) in [6.45, 7) is 0.904. The van der Waals surface area contributed by atoms with Crippen LogP contribution in [0, 0.1) is 0 Å². The molecular weight excluding hydrogens is 266 g/mol. The maximum atomic E-state index is 12.2. The summed E-state index contributed by atoms with van der Waals surface area (Å²) >= 11 is 0. The molecule has 2 rings (SSSR count). The Morgan fingerprint density at radius 1 is 1.42 bits per heavy atom. The fraction of sp³-hybridized carbons (Fsp3) is 0.462. The van der Waals surface area contributed by atoms with Gasteiger partial charge in [0.1, 0.15) is 0 Å². The molecule has 1 fully saturated rings. The van der Waals surface area contributed by atoms with Crippen LogP contribution in [0.25, 0.3) is 0 Å². The number of hydrogen-bond donors (Lipinski definition) is 1. The first-order valence-corrected chi connectivity index (χ1v) is 8.04. The maximum Gasteiger partial charge on any atom is 0.253 e. The molecule has 1 N–H and O–H groups in total. The SMILES string of the molecule is CS(=O)(=O)c1cccc(C(=O)N2CCC[C@H](O)C2)c1. The zero-order valence-corrected chi connectivity index (χ0v) is 11.6. The van der Waals surface area contributed by atoms with Crippen molar-refractivity contribution in [2.75, 3.05) is 19.3 Å². The highest BCUT2D eigenvalue weighted by atomic mass is 32.2. The molecule has 1 saturated heterocycles. The second-order valence-electron chi connectivity index (χ2n) is 4.85. The van der Waals surface area contributed by atoms with E-state index in [2.05, 4.69) is 0 Å². The number of rotatable bonds is 2. The van der Waals surface area contributed by atoms with E-state index in [4.69, 9.17) is 0 Å². The van der Waals surface area contributed by atoms with Crippen LogP contribution >= 0.6 is 0 Å². The van der Waals surface area contributed by atoms with Gasteiger partial charge in [0.25, 0.3) is 5.91 Å². The Morgan fingerprint density at radius 2 is 2.16 bits per heavy atom. The van der Waals surface area contributed by atoms with Crippen LogP contribution in [0.2, 0.25) is 0 Å². The van der Waals surface area contributed by atoms with Crippen molar-refractivity contribution in [3.8, 4) is 0 Å². The Balaban J connectivity index is 2.24. The molecule has 1 aromatic rings. The van der Waals surface area contributed by atoms with Crippen LogP contribution in [-0.2, 0) is 9.84 Å². The second kappa shape index (κ2) is 5.30. The van der Waals surface area contributed by atoms with E-state index in [1.54, 1.807) is 17.0 Å². The average Bonchev–Trinajstić information content (AvgIpc) is 2.37. The lowest BCUT2D eigenvalue weighted by molar-refractivity contribution is 0.0473. The highest BCUT2D eigenvalue weighted by molar-refractivity contribution is 7.90. The van der Waals surface area contributed by atoms with E-state index in [1.165, 1.54) is 12.1 Å². The van der Waals surface area contributed by atoms with Crippen LogP contribution < -0.4 is 0 Å². The minimum atomic E-state index is -3.32. The number of amides is 1. The number of sulfone groups is 1. The number of piperidine rings is 1. The van der Waals surface area contributed by atoms with Crippen molar-refractivity contribution in [2.45, 2.75) is 23.8 Å². The van der Waals surface area contributed by atoms with Crippen molar-refractivity contribution in [1.29, 1.82) is 0 Å². The van der Waals surface area contributed by atoms with Crippen LogP contribution in [0.1, 0.15) is 23.2 Å². The van der Waals surface area contributed by atoms with E-state index in [9.17, 15) is 18.3 Å². The Bertz CT molecular complexity index is 582. The van der Waals surface area contributed by atoms with Gasteiger partial charge in [0.15, 0.2) is 9.84 Å². The van der Waals surface area contributed by atoms with E-state index in [0.717, 1.165) is 12.7 Å². The minimum absolute atomic E-state index is 0.135. The van der Waals surface area contributed by atoms with Crippen LogP contribution in [0.15, 0.2) is 29.2 Å². The molecular formula is C13H17NO4S. The number of aliphatic hydroxyl groups is 1. The Kier molecular flexibility index (Phi) is 3.91. The fourth-order valence-electron chi connectivity index (χ4n) is 2.18. The van der Waals surface area contributed by atoms with Gasteiger partial charge in [-0.1, -0.05) is 6.07 Å². The van der Waals surface area contributed by atoms with Gasteiger partial charge >= 0.3 is 0 Å². The van der Waals surface area contributed by atoms with E-state index in [1.807, 2.05) is 0 Å². The molecule has 1 atom stereocenters. The first-order chi connectivity index (χ1) is 8.88. The topological polar surface area (TPSA) is 74.7 Å². The molecule has 1 heterocycles. The minimum Gasteiger partial charge on any atom is -0.391 e. The zero-order valence-electron chi connectivity index (χ0n) is 10.7. The molecule has 1 aliphatic heterocycles. The Hall–Kier alpha value is -1.40. The standard InChI is InChI=1S/C13H17NO4S/c1-19(17,18)12-6-2-4-10(8-12)13(16)14-7-3-5-11(15)9-14/h2,4,6,8,11,15H,3,5,7,9H2,1H3/t11-/m0/s1. The lowest BCUT2D eigenvalue weighted by Gasteiger charge is -2.30. The van der Waals surface area contributed by atoms with Gasteiger partial charge in [-0.3, -0.25) is 4.79 Å². The molecule has 19 heavy (non-hydrogen) atoms. The summed E-state index contributed by atoms with van der Waals surface area (Å²) in [5.41, 5.74) is 0.344. The van der Waals surface area contributed by atoms with Gasteiger partial charge in [-0.15, -0.1) is 0 Å².